The summed E-state index contributed by atoms with van der Waals surface area (Å²) in [5.74, 6) is -2.80. The molecule has 3 rings (SSSR count). The number of rotatable bonds is 3. The van der Waals surface area contributed by atoms with Gasteiger partial charge in [0, 0.05) is 17.1 Å². The highest BCUT2D eigenvalue weighted by molar-refractivity contribution is 6.14. The minimum atomic E-state index is -1.17. The topological polar surface area (TPSA) is 83.8 Å². The molecule has 1 aliphatic carbocycles. The Kier molecular flexibility index (Phi) is 4.31. The van der Waals surface area contributed by atoms with Gasteiger partial charge in [-0.2, -0.15) is 0 Å². The number of aliphatic carboxylic acids is 1. The Balaban J connectivity index is 2.34. The molecule has 2 aromatic rings. The molecule has 0 radical (unpaired) electrons. The highest BCUT2D eigenvalue weighted by Crippen LogP contribution is 2.45. The number of aliphatic hydroxyl groups is 1. The number of ether oxygens (including phenoxy) is 1. The Bertz CT molecular complexity index is 867. The number of hydrogen-bond acceptors (Lipinski definition) is 4. The quantitative estimate of drug-likeness (QED) is 0.661. The summed E-state index contributed by atoms with van der Waals surface area (Å²) in [6.45, 7) is 1.82. The van der Waals surface area contributed by atoms with Gasteiger partial charge in [0.25, 0.3) is 0 Å². The van der Waals surface area contributed by atoms with E-state index in [1.165, 1.54) is 7.11 Å². The Morgan fingerprint density at radius 2 is 1.88 bits per heavy atom. The lowest BCUT2D eigenvalue weighted by atomic mass is 9.68. The third-order valence-corrected chi connectivity index (χ3v) is 4.64. The van der Waals surface area contributed by atoms with E-state index in [0.29, 0.717) is 23.1 Å². The van der Waals surface area contributed by atoms with Gasteiger partial charge in [-0.25, -0.2) is 0 Å². The number of fused-ring (bicyclic) bond motifs is 1. The molecule has 1 aliphatic rings. The second kappa shape index (κ2) is 6.43. The van der Waals surface area contributed by atoms with Gasteiger partial charge in [-0.1, -0.05) is 30.3 Å². The number of carbonyl (C=O) groups is 2. The predicted molar refractivity (Wildman–Crippen MR) is 92.2 cm³/mol. The fourth-order valence-electron chi connectivity index (χ4n) is 3.48. The van der Waals surface area contributed by atoms with Crippen LogP contribution in [-0.4, -0.2) is 29.1 Å². The summed E-state index contributed by atoms with van der Waals surface area (Å²) in [5.41, 5.74) is 2.40. The number of hydrogen-bond donors (Lipinski definition) is 2. The molecule has 25 heavy (non-hydrogen) atoms. The van der Waals surface area contributed by atoms with E-state index in [2.05, 4.69) is 0 Å². The van der Waals surface area contributed by atoms with E-state index in [-0.39, 0.29) is 5.57 Å². The second-order valence-electron chi connectivity index (χ2n) is 6.03. The lowest BCUT2D eigenvalue weighted by Crippen LogP contribution is -2.34. The average Bonchev–Trinajstić information content (AvgIpc) is 2.62. The number of aliphatic hydroxyl groups excluding tert-OH is 1. The number of Topliss-reactive ketones (excluding diaryl/α,β-unsaturated/α-hetero) is 1. The Morgan fingerprint density at radius 3 is 2.44 bits per heavy atom. The number of benzene rings is 2. The summed E-state index contributed by atoms with van der Waals surface area (Å²) in [7, 11) is 1.53. The molecule has 0 amide bonds. The SMILES string of the molecule is COc1cc2c(cc1C)C(=O)/C(=C/O)[C@@H](C(=O)O)[C@@H]2c1ccccc1. The molecule has 0 saturated heterocycles. The van der Waals surface area contributed by atoms with Crippen molar-refractivity contribution in [1.29, 1.82) is 0 Å². The molecule has 2 N–H and O–H groups in total. The molecule has 2 aromatic carbocycles. The highest BCUT2D eigenvalue weighted by Gasteiger charge is 2.43. The lowest BCUT2D eigenvalue weighted by molar-refractivity contribution is -0.140. The first kappa shape index (κ1) is 16.8. The van der Waals surface area contributed by atoms with Crippen molar-refractivity contribution in [2.45, 2.75) is 12.8 Å². The standard InChI is InChI=1S/C20H18O5/c1-11-8-14-13(9-16(11)25-2)17(12-6-4-3-5-7-12)18(20(23)24)15(10-21)19(14)22/h3-10,17-18,21H,1-2H3,(H,23,24)/b15-10+/t17-,18-/m1/s1. The zero-order valence-electron chi connectivity index (χ0n) is 13.9. The van der Waals surface area contributed by atoms with Crippen molar-refractivity contribution in [2.75, 3.05) is 7.11 Å². The van der Waals surface area contributed by atoms with Crippen molar-refractivity contribution in [3.05, 3.63) is 76.6 Å². The fraction of sp³-hybridized carbons (Fsp3) is 0.200. The van der Waals surface area contributed by atoms with Crippen molar-refractivity contribution < 1.29 is 24.5 Å². The number of carboxylic acid groups (broad SMARTS) is 1. The number of carbonyl (C=O) groups excluding carboxylic acids is 1. The molecular formula is C20H18O5. The smallest absolute Gasteiger partial charge is 0.312 e. The molecule has 0 unspecified atom stereocenters. The molecule has 0 saturated carbocycles. The second-order valence-corrected chi connectivity index (χ2v) is 6.03. The van der Waals surface area contributed by atoms with Crippen molar-refractivity contribution in [1.82, 2.24) is 0 Å². The zero-order chi connectivity index (χ0) is 18.1. The first-order valence-electron chi connectivity index (χ1n) is 7.84. The van der Waals surface area contributed by atoms with Crippen LogP contribution in [0.4, 0.5) is 0 Å². The normalized spacial score (nSPS) is 21.0. The largest absolute Gasteiger partial charge is 0.515 e. The van der Waals surface area contributed by atoms with E-state index in [1.54, 1.807) is 12.1 Å². The van der Waals surface area contributed by atoms with E-state index in [1.807, 2.05) is 37.3 Å². The highest BCUT2D eigenvalue weighted by atomic mass is 16.5. The van der Waals surface area contributed by atoms with Crippen LogP contribution in [0, 0.1) is 12.8 Å². The third-order valence-electron chi connectivity index (χ3n) is 4.64. The summed E-state index contributed by atoms with van der Waals surface area (Å²) in [6, 6.07) is 12.5. The van der Waals surface area contributed by atoms with Gasteiger partial charge in [-0.3, -0.25) is 9.59 Å². The number of methoxy groups -OCH3 is 1. The maximum absolute atomic E-state index is 12.8. The van der Waals surface area contributed by atoms with Crippen molar-refractivity contribution in [3.63, 3.8) is 0 Å². The monoisotopic (exact) mass is 338 g/mol. The van der Waals surface area contributed by atoms with Gasteiger partial charge in [0.05, 0.1) is 19.3 Å². The number of ketones is 1. The van der Waals surface area contributed by atoms with Crippen LogP contribution in [0.5, 0.6) is 5.75 Å². The molecule has 0 bridgehead atoms. The molecule has 0 heterocycles. The van der Waals surface area contributed by atoms with Gasteiger partial charge in [-0.15, -0.1) is 0 Å². The Morgan fingerprint density at radius 1 is 1.20 bits per heavy atom. The molecular weight excluding hydrogens is 320 g/mol. The van der Waals surface area contributed by atoms with Gasteiger partial charge in [0.1, 0.15) is 5.75 Å². The van der Waals surface area contributed by atoms with Crippen LogP contribution in [-0.2, 0) is 4.79 Å². The van der Waals surface area contributed by atoms with Crippen LogP contribution in [0.2, 0.25) is 0 Å². The van der Waals surface area contributed by atoms with Gasteiger partial charge in [-0.05, 0) is 35.7 Å². The molecule has 0 spiro atoms. The van der Waals surface area contributed by atoms with Gasteiger partial charge >= 0.3 is 5.97 Å². The van der Waals surface area contributed by atoms with E-state index in [0.717, 1.165) is 11.1 Å². The molecule has 5 heteroatoms. The summed E-state index contributed by atoms with van der Waals surface area (Å²) >= 11 is 0. The molecule has 0 aromatic heterocycles. The van der Waals surface area contributed by atoms with Crippen molar-refractivity contribution in [2.24, 2.45) is 5.92 Å². The maximum Gasteiger partial charge on any atom is 0.312 e. The van der Waals surface area contributed by atoms with Crippen LogP contribution in [0.1, 0.15) is 33.0 Å². The lowest BCUT2D eigenvalue weighted by Gasteiger charge is -2.32. The van der Waals surface area contributed by atoms with E-state index >= 15 is 0 Å². The van der Waals surface area contributed by atoms with Crippen LogP contribution in [0.25, 0.3) is 0 Å². The minimum Gasteiger partial charge on any atom is -0.515 e. The zero-order valence-corrected chi connectivity index (χ0v) is 13.9. The van der Waals surface area contributed by atoms with Crippen LogP contribution in [0.15, 0.2) is 54.3 Å². The summed E-state index contributed by atoms with van der Waals surface area (Å²) in [6.07, 6.45) is 0.625. The first-order chi connectivity index (χ1) is 12.0. The summed E-state index contributed by atoms with van der Waals surface area (Å²) in [4.78, 5) is 24.7. The number of carboxylic acids is 1. The summed E-state index contributed by atoms with van der Waals surface area (Å²) < 4.78 is 5.36. The van der Waals surface area contributed by atoms with Gasteiger partial charge in [0.15, 0.2) is 5.78 Å². The summed E-state index contributed by atoms with van der Waals surface area (Å²) in [5, 5.41) is 19.3. The Hall–Kier alpha value is -3.08. The van der Waals surface area contributed by atoms with Crippen LogP contribution < -0.4 is 4.74 Å². The van der Waals surface area contributed by atoms with Crippen molar-refractivity contribution >= 4 is 11.8 Å². The van der Waals surface area contributed by atoms with Crippen molar-refractivity contribution in [3.8, 4) is 5.75 Å². The number of aryl methyl sites for hydroxylation is 1. The van der Waals surface area contributed by atoms with E-state index in [9.17, 15) is 19.8 Å². The average molecular weight is 338 g/mol. The molecule has 0 fully saturated rings. The Labute approximate surface area is 145 Å². The molecule has 2 atom stereocenters. The fourth-order valence-corrected chi connectivity index (χ4v) is 3.48. The molecule has 5 nitrogen and oxygen atoms in total. The first-order valence-corrected chi connectivity index (χ1v) is 7.84. The van der Waals surface area contributed by atoms with E-state index < -0.39 is 23.6 Å². The van der Waals surface area contributed by atoms with Gasteiger partial charge in [0.2, 0.25) is 0 Å². The third kappa shape index (κ3) is 2.67. The minimum absolute atomic E-state index is 0.113. The van der Waals surface area contributed by atoms with E-state index in [4.69, 9.17) is 4.74 Å². The van der Waals surface area contributed by atoms with Crippen LogP contribution >= 0.6 is 0 Å². The van der Waals surface area contributed by atoms with Crippen LogP contribution in [0.3, 0.4) is 0 Å². The molecule has 0 aliphatic heterocycles. The maximum atomic E-state index is 12.8. The van der Waals surface area contributed by atoms with Gasteiger partial charge < -0.3 is 14.9 Å². The predicted octanol–water partition coefficient (Wildman–Crippen LogP) is 3.47. The molecule has 128 valence electrons.